The maximum Gasteiger partial charge on any atom is 0.407 e. The van der Waals surface area contributed by atoms with Crippen molar-refractivity contribution in [3.63, 3.8) is 0 Å². The van der Waals surface area contributed by atoms with Crippen LogP contribution < -0.4 is 10.2 Å². The number of alkyl carbamates (subject to hydrolysis) is 1. The van der Waals surface area contributed by atoms with Gasteiger partial charge in [0.15, 0.2) is 0 Å². The van der Waals surface area contributed by atoms with Crippen LogP contribution >= 0.6 is 0 Å². The molecule has 1 aliphatic heterocycles. The molecule has 2 heterocycles. The molecule has 0 saturated carbocycles. The number of aromatic nitrogens is 2. The molecule has 6 nitrogen and oxygen atoms in total. The van der Waals surface area contributed by atoms with E-state index in [4.69, 9.17) is 4.74 Å². The first-order chi connectivity index (χ1) is 9.44. The highest BCUT2D eigenvalue weighted by Crippen LogP contribution is 2.18. The molecule has 0 spiro atoms. The summed E-state index contributed by atoms with van der Waals surface area (Å²) in [5.74, 6) is 0. The third-order valence-corrected chi connectivity index (χ3v) is 3.15. The Morgan fingerprint density at radius 3 is 2.60 bits per heavy atom. The van der Waals surface area contributed by atoms with Gasteiger partial charge in [-0.3, -0.25) is 0 Å². The fourth-order valence-electron chi connectivity index (χ4n) is 2.23. The van der Waals surface area contributed by atoms with Crippen LogP contribution in [0.3, 0.4) is 0 Å². The summed E-state index contributed by atoms with van der Waals surface area (Å²) in [4.78, 5) is 14.0. The number of hydrogen-bond acceptors (Lipinski definition) is 5. The molecular weight excluding hydrogens is 256 g/mol. The summed E-state index contributed by atoms with van der Waals surface area (Å²) in [5.41, 5.74) is 0.628. The summed E-state index contributed by atoms with van der Waals surface area (Å²) >= 11 is 0. The number of ether oxygens (including phenoxy) is 1. The van der Waals surface area contributed by atoms with Crippen LogP contribution in [-0.2, 0) is 4.74 Å². The van der Waals surface area contributed by atoms with Crippen LogP contribution in [0.2, 0.25) is 0 Å². The number of carbonyl (C=O) groups excluding carboxylic acids is 1. The highest BCUT2D eigenvalue weighted by atomic mass is 16.6. The summed E-state index contributed by atoms with van der Waals surface area (Å²) < 4.78 is 5.27. The molecule has 0 atom stereocenters. The lowest BCUT2D eigenvalue weighted by Gasteiger charge is -2.33. The van der Waals surface area contributed by atoms with E-state index >= 15 is 0 Å². The molecule has 1 aromatic heterocycles. The molecular formula is C14H22N4O2. The molecule has 20 heavy (non-hydrogen) atoms. The van der Waals surface area contributed by atoms with Gasteiger partial charge >= 0.3 is 6.09 Å². The molecule has 1 fully saturated rings. The van der Waals surface area contributed by atoms with Crippen molar-refractivity contribution < 1.29 is 9.53 Å². The third kappa shape index (κ3) is 4.36. The van der Waals surface area contributed by atoms with E-state index in [1.54, 1.807) is 12.4 Å². The Balaban J connectivity index is 1.79. The number of nitrogens with zero attached hydrogens (tertiary/aromatic N) is 3. The minimum atomic E-state index is -0.451. The summed E-state index contributed by atoms with van der Waals surface area (Å²) in [6.07, 6.45) is 4.94. The number of hydrogen-bond donors (Lipinski definition) is 1. The molecule has 1 aliphatic rings. The summed E-state index contributed by atoms with van der Waals surface area (Å²) in [6, 6.07) is 2.13. The maximum absolute atomic E-state index is 11.7. The Morgan fingerprint density at radius 1 is 1.35 bits per heavy atom. The van der Waals surface area contributed by atoms with Gasteiger partial charge in [0.05, 0.1) is 18.1 Å². The number of piperidine rings is 1. The smallest absolute Gasteiger partial charge is 0.407 e. The second-order valence-corrected chi connectivity index (χ2v) is 6.01. The molecule has 0 bridgehead atoms. The van der Waals surface area contributed by atoms with Gasteiger partial charge in [0.1, 0.15) is 5.60 Å². The monoisotopic (exact) mass is 278 g/mol. The van der Waals surface area contributed by atoms with E-state index in [9.17, 15) is 4.79 Å². The zero-order valence-electron chi connectivity index (χ0n) is 12.3. The van der Waals surface area contributed by atoms with Gasteiger partial charge < -0.3 is 15.0 Å². The Labute approximate surface area is 119 Å². The number of amides is 1. The normalized spacial score (nSPS) is 16.9. The predicted molar refractivity (Wildman–Crippen MR) is 76.6 cm³/mol. The minimum absolute atomic E-state index is 0.177. The van der Waals surface area contributed by atoms with Crippen molar-refractivity contribution >= 4 is 11.8 Å². The van der Waals surface area contributed by atoms with Crippen LogP contribution in [0.15, 0.2) is 18.5 Å². The molecule has 0 aromatic carbocycles. The van der Waals surface area contributed by atoms with Crippen LogP contribution in [0.4, 0.5) is 10.5 Å². The summed E-state index contributed by atoms with van der Waals surface area (Å²) in [7, 11) is 0. The quantitative estimate of drug-likeness (QED) is 0.896. The fourth-order valence-corrected chi connectivity index (χ4v) is 2.23. The van der Waals surface area contributed by atoms with E-state index in [1.807, 2.05) is 26.8 Å². The van der Waals surface area contributed by atoms with Gasteiger partial charge in [-0.25, -0.2) is 4.79 Å². The third-order valence-electron chi connectivity index (χ3n) is 3.15. The molecule has 1 amide bonds. The van der Waals surface area contributed by atoms with Crippen LogP contribution in [-0.4, -0.2) is 41.0 Å². The summed E-state index contributed by atoms with van der Waals surface area (Å²) in [5, 5.41) is 10.6. The first-order valence-corrected chi connectivity index (χ1v) is 6.95. The topological polar surface area (TPSA) is 67.3 Å². The van der Waals surface area contributed by atoms with Crippen LogP contribution in [0.1, 0.15) is 33.6 Å². The van der Waals surface area contributed by atoms with Crippen molar-refractivity contribution in [1.82, 2.24) is 15.5 Å². The van der Waals surface area contributed by atoms with Crippen molar-refractivity contribution in [2.45, 2.75) is 45.3 Å². The average Bonchev–Trinajstić information content (AvgIpc) is 2.38. The van der Waals surface area contributed by atoms with Crippen LogP contribution in [0.25, 0.3) is 0 Å². The number of nitrogens with one attached hydrogen (secondary N) is 1. The Bertz CT molecular complexity index is 436. The van der Waals surface area contributed by atoms with E-state index in [2.05, 4.69) is 20.4 Å². The van der Waals surface area contributed by atoms with E-state index < -0.39 is 5.60 Å². The lowest BCUT2D eigenvalue weighted by molar-refractivity contribution is 0.0497. The van der Waals surface area contributed by atoms with E-state index in [0.717, 1.165) is 31.6 Å². The maximum atomic E-state index is 11.7. The Morgan fingerprint density at radius 2 is 2.05 bits per heavy atom. The molecule has 1 N–H and O–H groups in total. The molecule has 0 aliphatic carbocycles. The average molecular weight is 278 g/mol. The van der Waals surface area contributed by atoms with Gasteiger partial charge in [-0.2, -0.15) is 10.2 Å². The molecule has 0 unspecified atom stereocenters. The van der Waals surface area contributed by atoms with Gasteiger partial charge in [-0.1, -0.05) is 0 Å². The van der Waals surface area contributed by atoms with Crippen molar-refractivity contribution in [3.8, 4) is 0 Å². The first-order valence-electron chi connectivity index (χ1n) is 6.95. The lowest BCUT2D eigenvalue weighted by atomic mass is 10.0. The molecule has 6 heteroatoms. The Hall–Kier alpha value is -1.85. The highest BCUT2D eigenvalue weighted by Gasteiger charge is 2.23. The second-order valence-electron chi connectivity index (χ2n) is 6.01. The highest BCUT2D eigenvalue weighted by molar-refractivity contribution is 5.68. The zero-order valence-corrected chi connectivity index (χ0v) is 12.3. The lowest BCUT2D eigenvalue weighted by Crippen LogP contribution is -2.46. The number of carbonyl (C=O) groups is 1. The van der Waals surface area contributed by atoms with Crippen LogP contribution in [0, 0.1) is 0 Å². The zero-order chi connectivity index (χ0) is 14.6. The van der Waals surface area contributed by atoms with Gasteiger partial charge in [0.2, 0.25) is 0 Å². The van der Waals surface area contributed by atoms with E-state index in [0.29, 0.717) is 0 Å². The minimum Gasteiger partial charge on any atom is -0.444 e. The molecule has 1 aromatic rings. The van der Waals surface area contributed by atoms with Gasteiger partial charge in [-0.05, 0) is 39.7 Å². The van der Waals surface area contributed by atoms with E-state index in [1.165, 1.54) is 0 Å². The molecule has 0 radical (unpaired) electrons. The molecule has 2 rings (SSSR count). The standard InChI is InChI=1S/C14H22N4O2/c1-14(2,3)20-13(19)17-11-5-8-18(9-6-11)12-4-7-15-16-10-12/h4,7,10-11H,5-6,8-9H2,1-3H3,(H,17,19). The summed E-state index contributed by atoms with van der Waals surface area (Å²) in [6.45, 7) is 7.39. The van der Waals surface area contributed by atoms with Gasteiger partial charge in [-0.15, -0.1) is 0 Å². The number of anilines is 1. The van der Waals surface area contributed by atoms with Crippen LogP contribution in [0.5, 0.6) is 0 Å². The second kappa shape index (κ2) is 6.07. The van der Waals surface area contributed by atoms with Crippen molar-refractivity contribution in [2.24, 2.45) is 0 Å². The largest absolute Gasteiger partial charge is 0.444 e. The van der Waals surface area contributed by atoms with Crippen molar-refractivity contribution in [3.05, 3.63) is 18.5 Å². The van der Waals surface area contributed by atoms with Gasteiger partial charge in [0.25, 0.3) is 0 Å². The Kier molecular flexibility index (Phi) is 4.42. The predicted octanol–water partition coefficient (Wildman–Crippen LogP) is 1.97. The first kappa shape index (κ1) is 14.6. The fraction of sp³-hybridized carbons (Fsp3) is 0.643. The van der Waals surface area contributed by atoms with E-state index in [-0.39, 0.29) is 12.1 Å². The molecule has 110 valence electrons. The van der Waals surface area contributed by atoms with Crippen molar-refractivity contribution in [2.75, 3.05) is 18.0 Å². The SMILES string of the molecule is CC(C)(C)OC(=O)NC1CCN(c2ccnnc2)CC1. The number of rotatable bonds is 2. The molecule has 1 saturated heterocycles. The van der Waals surface area contributed by atoms with Gasteiger partial charge in [0, 0.05) is 19.1 Å². The van der Waals surface area contributed by atoms with Crippen molar-refractivity contribution in [1.29, 1.82) is 0 Å².